The van der Waals surface area contributed by atoms with Crippen LogP contribution in [-0.2, 0) is 11.4 Å². The average molecular weight is 286 g/mol. The zero-order chi connectivity index (χ0) is 15.2. The van der Waals surface area contributed by atoms with Gasteiger partial charge in [0.15, 0.2) is 0 Å². The van der Waals surface area contributed by atoms with Crippen molar-refractivity contribution < 1.29 is 9.90 Å². The molecule has 0 atom stereocenters. The predicted octanol–water partition coefficient (Wildman–Crippen LogP) is 2.75. The summed E-state index contributed by atoms with van der Waals surface area (Å²) in [6, 6.07) is 6.20. The van der Waals surface area contributed by atoms with E-state index in [0.29, 0.717) is 24.5 Å². The number of ketones is 1. The van der Waals surface area contributed by atoms with E-state index in [2.05, 4.69) is 17.2 Å². The largest absolute Gasteiger partial charge is 0.392 e. The molecule has 112 valence electrons. The summed E-state index contributed by atoms with van der Waals surface area (Å²) in [6.45, 7) is 1.97. The van der Waals surface area contributed by atoms with Gasteiger partial charge >= 0.3 is 0 Å². The second-order valence-corrected chi connectivity index (χ2v) is 5.54. The maximum absolute atomic E-state index is 11.3. The molecule has 0 saturated heterocycles. The molecule has 0 aromatic heterocycles. The third-order valence-corrected chi connectivity index (χ3v) is 4.15. The molecule has 1 aliphatic rings. The summed E-state index contributed by atoms with van der Waals surface area (Å²) < 4.78 is 0. The van der Waals surface area contributed by atoms with Gasteiger partial charge < -0.3 is 10.9 Å². The minimum absolute atomic E-state index is 0.000226. The zero-order valence-electron chi connectivity index (χ0n) is 12.4. The van der Waals surface area contributed by atoms with Crippen molar-refractivity contribution in [3.8, 4) is 0 Å². The summed E-state index contributed by atoms with van der Waals surface area (Å²) in [5, 5.41) is 13.1. The molecule has 1 saturated carbocycles. The maximum Gasteiger partial charge on any atom is 0.132 e. The van der Waals surface area contributed by atoms with E-state index in [1.165, 1.54) is 11.8 Å². The van der Waals surface area contributed by atoms with Crippen molar-refractivity contribution in [2.45, 2.75) is 45.1 Å². The van der Waals surface area contributed by atoms with Crippen LogP contribution in [0.3, 0.4) is 0 Å². The van der Waals surface area contributed by atoms with E-state index in [9.17, 15) is 9.90 Å². The Hall–Kier alpha value is -1.94. The van der Waals surface area contributed by atoms with E-state index in [1.54, 1.807) is 0 Å². The quantitative estimate of drug-likeness (QED) is 0.507. The summed E-state index contributed by atoms with van der Waals surface area (Å²) in [7, 11) is 0. The van der Waals surface area contributed by atoms with Gasteiger partial charge in [0.25, 0.3) is 0 Å². The molecule has 2 rings (SSSR count). The number of hydrogen-bond acceptors (Lipinski definition) is 4. The van der Waals surface area contributed by atoms with Gasteiger partial charge in [-0.15, -0.1) is 0 Å². The standard InChI is InChI=1S/C17H22N2O2/c1-12(8-9-19-18)17-7-4-14(10-15(17)11-20)13-2-5-16(21)6-3-13/h4,7-10,13,20H,2-3,5-6,11,18H2,1H3/b12-8+,19-9-. The van der Waals surface area contributed by atoms with Crippen LogP contribution < -0.4 is 5.84 Å². The molecule has 1 aliphatic carbocycles. The Kier molecular flexibility index (Phi) is 5.28. The molecule has 0 amide bonds. The number of nitrogens with zero attached hydrogens (tertiary/aromatic N) is 1. The van der Waals surface area contributed by atoms with Crippen LogP contribution in [0.4, 0.5) is 0 Å². The third-order valence-electron chi connectivity index (χ3n) is 4.15. The number of aliphatic hydroxyl groups excluding tert-OH is 1. The molecule has 0 heterocycles. The molecule has 1 fully saturated rings. The number of rotatable bonds is 4. The number of hydrazone groups is 1. The van der Waals surface area contributed by atoms with E-state index >= 15 is 0 Å². The second-order valence-electron chi connectivity index (χ2n) is 5.54. The molecule has 3 N–H and O–H groups in total. The molecule has 0 radical (unpaired) electrons. The molecular weight excluding hydrogens is 264 g/mol. The smallest absolute Gasteiger partial charge is 0.132 e. The van der Waals surface area contributed by atoms with Crippen molar-refractivity contribution in [2.24, 2.45) is 10.9 Å². The average Bonchev–Trinajstić information content (AvgIpc) is 2.52. The lowest BCUT2D eigenvalue weighted by atomic mass is 9.82. The van der Waals surface area contributed by atoms with Crippen LogP contribution in [-0.4, -0.2) is 17.1 Å². The Morgan fingerprint density at radius 3 is 2.76 bits per heavy atom. The van der Waals surface area contributed by atoms with Gasteiger partial charge in [-0.05, 0) is 54.0 Å². The van der Waals surface area contributed by atoms with E-state index < -0.39 is 0 Å². The molecule has 4 nitrogen and oxygen atoms in total. The first-order valence-corrected chi connectivity index (χ1v) is 7.31. The Balaban J connectivity index is 2.25. The van der Waals surface area contributed by atoms with Crippen LogP contribution >= 0.6 is 0 Å². The summed E-state index contributed by atoms with van der Waals surface area (Å²) in [5.74, 6) is 5.90. The Labute approximate surface area is 125 Å². The van der Waals surface area contributed by atoms with Crippen LogP contribution in [0.5, 0.6) is 0 Å². The van der Waals surface area contributed by atoms with Gasteiger partial charge in [-0.3, -0.25) is 4.79 Å². The first-order valence-electron chi connectivity index (χ1n) is 7.31. The van der Waals surface area contributed by atoms with Gasteiger partial charge in [0, 0.05) is 19.1 Å². The number of nitrogens with two attached hydrogens (primary N) is 1. The van der Waals surface area contributed by atoms with Crippen molar-refractivity contribution in [2.75, 3.05) is 0 Å². The van der Waals surface area contributed by atoms with Crippen LogP contribution in [0.1, 0.15) is 55.2 Å². The predicted molar refractivity (Wildman–Crippen MR) is 84.9 cm³/mol. The lowest BCUT2D eigenvalue weighted by Crippen LogP contribution is -2.12. The number of aliphatic hydroxyl groups is 1. The topological polar surface area (TPSA) is 75.7 Å². The van der Waals surface area contributed by atoms with Crippen molar-refractivity contribution in [1.29, 1.82) is 0 Å². The number of carbonyl (C=O) groups excluding carboxylic acids is 1. The first kappa shape index (κ1) is 15.4. The normalized spacial score (nSPS) is 17.6. The number of benzene rings is 1. The maximum atomic E-state index is 11.3. The highest BCUT2D eigenvalue weighted by molar-refractivity contribution is 5.84. The SMILES string of the molecule is C/C(=C\C=N/N)c1ccc(C2CCC(=O)CC2)cc1CO. The van der Waals surface area contributed by atoms with Gasteiger partial charge in [-0.2, -0.15) is 5.10 Å². The Morgan fingerprint density at radius 2 is 2.14 bits per heavy atom. The van der Waals surface area contributed by atoms with Crippen molar-refractivity contribution in [3.05, 3.63) is 41.0 Å². The lowest BCUT2D eigenvalue weighted by molar-refractivity contribution is -0.120. The molecule has 0 aliphatic heterocycles. The number of hydrogen-bond donors (Lipinski definition) is 2. The monoisotopic (exact) mass is 286 g/mol. The van der Waals surface area contributed by atoms with Crippen molar-refractivity contribution >= 4 is 17.6 Å². The van der Waals surface area contributed by atoms with Crippen LogP contribution in [0.25, 0.3) is 5.57 Å². The molecule has 1 aromatic rings. The fraction of sp³-hybridized carbons (Fsp3) is 0.412. The fourth-order valence-corrected chi connectivity index (χ4v) is 2.90. The molecule has 0 unspecified atom stereocenters. The summed E-state index contributed by atoms with van der Waals surface area (Å²) in [4.78, 5) is 11.3. The molecule has 4 heteroatoms. The van der Waals surface area contributed by atoms with Gasteiger partial charge in [0.2, 0.25) is 0 Å². The highest BCUT2D eigenvalue weighted by atomic mass is 16.3. The minimum Gasteiger partial charge on any atom is -0.392 e. The number of Topliss-reactive ketones (excluding diaryl/α,β-unsaturated/α-hetero) is 1. The molecule has 1 aromatic carbocycles. The summed E-state index contributed by atoms with van der Waals surface area (Å²) in [6.07, 6.45) is 6.54. The third kappa shape index (κ3) is 3.79. The van der Waals surface area contributed by atoms with Gasteiger partial charge in [0.05, 0.1) is 6.61 Å². The first-order chi connectivity index (χ1) is 10.2. The summed E-state index contributed by atoms with van der Waals surface area (Å²) in [5.41, 5.74) is 4.14. The summed E-state index contributed by atoms with van der Waals surface area (Å²) >= 11 is 0. The van der Waals surface area contributed by atoms with E-state index in [-0.39, 0.29) is 6.61 Å². The molecule has 0 bridgehead atoms. The van der Waals surface area contributed by atoms with Gasteiger partial charge in [-0.1, -0.05) is 18.2 Å². The number of carbonyl (C=O) groups is 1. The van der Waals surface area contributed by atoms with Crippen molar-refractivity contribution in [1.82, 2.24) is 0 Å². The Morgan fingerprint density at radius 1 is 1.43 bits per heavy atom. The van der Waals surface area contributed by atoms with E-state index in [1.807, 2.05) is 19.1 Å². The molecule has 0 spiro atoms. The molecular formula is C17H22N2O2. The highest BCUT2D eigenvalue weighted by Gasteiger charge is 2.20. The van der Waals surface area contributed by atoms with E-state index in [4.69, 9.17) is 5.84 Å². The van der Waals surface area contributed by atoms with E-state index in [0.717, 1.165) is 29.5 Å². The highest BCUT2D eigenvalue weighted by Crippen LogP contribution is 2.33. The van der Waals surface area contributed by atoms with Gasteiger partial charge in [-0.25, -0.2) is 0 Å². The minimum atomic E-state index is -0.000226. The van der Waals surface area contributed by atoms with Crippen LogP contribution in [0, 0.1) is 0 Å². The van der Waals surface area contributed by atoms with Crippen LogP contribution in [0.2, 0.25) is 0 Å². The van der Waals surface area contributed by atoms with Gasteiger partial charge in [0.1, 0.15) is 5.78 Å². The lowest BCUT2D eigenvalue weighted by Gasteiger charge is -2.22. The van der Waals surface area contributed by atoms with Crippen molar-refractivity contribution in [3.63, 3.8) is 0 Å². The molecule has 21 heavy (non-hydrogen) atoms. The number of allylic oxidation sites excluding steroid dienone is 2. The fourth-order valence-electron chi connectivity index (χ4n) is 2.90. The zero-order valence-corrected chi connectivity index (χ0v) is 12.4. The second kappa shape index (κ2) is 7.18. The van der Waals surface area contributed by atoms with Crippen LogP contribution in [0.15, 0.2) is 29.4 Å². The Bertz CT molecular complexity index is 566.